The molecule has 1 aromatic heterocycles. The van der Waals surface area contributed by atoms with Crippen LogP contribution in [-0.4, -0.2) is 25.4 Å². The van der Waals surface area contributed by atoms with Crippen LogP contribution in [0.25, 0.3) is 11.0 Å². The second-order valence-corrected chi connectivity index (χ2v) is 6.58. The number of hydrogen-bond donors (Lipinski definition) is 1. The third-order valence-electron chi connectivity index (χ3n) is 3.72. The Labute approximate surface area is 160 Å². The van der Waals surface area contributed by atoms with E-state index in [2.05, 4.69) is 0 Å². The van der Waals surface area contributed by atoms with E-state index in [-0.39, 0.29) is 11.2 Å². The van der Waals surface area contributed by atoms with Gasteiger partial charge in [0.1, 0.15) is 16.7 Å². The van der Waals surface area contributed by atoms with Gasteiger partial charge in [0.15, 0.2) is 22.0 Å². The molecular formula is C20H20O6S. The summed E-state index contributed by atoms with van der Waals surface area (Å²) in [5.74, 6) is 1.31. The summed E-state index contributed by atoms with van der Waals surface area (Å²) in [5.41, 5.74) is 0.124. The first-order chi connectivity index (χ1) is 13.1. The molecule has 0 aliphatic heterocycles. The molecule has 6 nitrogen and oxygen atoms in total. The molecule has 0 spiro atoms. The molecule has 0 amide bonds. The van der Waals surface area contributed by atoms with E-state index in [9.17, 15) is 9.90 Å². The van der Waals surface area contributed by atoms with E-state index in [0.29, 0.717) is 46.5 Å². The largest absolute Gasteiger partial charge is 0.508 e. The summed E-state index contributed by atoms with van der Waals surface area (Å²) < 4.78 is 22.7. The van der Waals surface area contributed by atoms with Crippen LogP contribution in [0.2, 0.25) is 0 Å². The van der Waals surface area contributed by atoms with Gasteiger partial charge in [0.05, 0.1) is 20.3 Å². The highest BCUT2D eigenvalue weighted by Gasteiger charge is 2.21. The monoisotopic (exact) mass is 388 g/mol. The molecule has 0 saturated heterocycles. The number of phenolic OH excluding ortho intramolecular Hbond substituents is 1. The second kappa shape index (κ2) is 8.26. The van der Waals surface area contributed by atoms with Crippen molar-refractivity contribution >= 4 is 22.7 Å². The maximum atomic E-state index is 12.8. The zero-order valence-electron chi connectivity index (χ0n) is 15.3. The molecule has 0 saturated carbocycles. The summed E-state index contributed by atoms with van der Waals surface area (Å²) in [6, 6.07) is 9.70. The van der Waals surface area contributed by atoms with E-state index >= 15 is 0 Å². The third-order valence-corrected chi connectivity index (χ3v) is 4.63. The molecule has 0 bridgehead atoms. The van der Waals surface area contributed by atoms with Crippen LogP contribution in [-0.2, 0) is 0 Å². The first-order valence-electron chi connectivity index (χ1n) is 8.48. The van der Waals surface area contributed by atoms with Gasteiger partial charge >= 0.3 is 0 Å². The fraction of sp³-hybridized carbons (Fsp3) is 0.250. The van der Waals surface area contributed by atoms with E-state index in [1.54, 1.807) is 30.3 Å². The van der Waals surface area contributed by atoms with Gasteiger partial charge in [-0.2, -0.15) is 0 Å². The minimum Gasteiger partial charge on any atom is -0.508 e. The van der Waals surface area contributed by atoms with Gasteiger partial charge in [-0.3, -0.25) is 4.79 Å². The normalized spacial score (nSPS) is 10.8. The summed E-state index contributed by atoms with van der Waals surface area (Å²) >= 11 is 1.28. The van der Waals surface area contributed by atoms with Gasteiger partial charge in [0, 0.05) is 17.0 Å². The summed E-state index contributed by atoms with van der Waals surface area (Å²) in [5, 5.41) is 10.1. The Kier molecular flexibility index (Phi) is 5.81. The summed E-state index contributed by atoms with van der Waals surface area (Å²) in [6.07, 6.45) is 0. The topological polar surface area (TPSA) is 78.1 Å². The average Bonchev–Trinajstić information content (AvgIpc) is 2.64. The van der Waals surface area contributed by atoms with Gasteiger partial charge < -0.3 is 23.7 Å². The predicted molar refractivity (Wildman–Crippen MR) is 104 cm³/mol. The highest BCUT2D eigenvalue weighted by atomic mass is 32.2. The van der Waals surface area contributed by atoms with Crippen molar-refractivity contribution in [3.63, 3.8) is 0 Å². The van der Waals surface area contributed by atoms with Gasteiger partial charge in [-0.05, 0) is 38.1 Å². The molecule has 3 aromatic rings. The Morgan fingerprint density at radius 2 is 1.74 bits per heavy atom. The molecule has 0 aliphatic rings. The van der Waals surface area contributed by atoms with Crippen molar-refractivity contribution in [1.29, 1.82) is 0 Å². The number of hydrogen-bond acceptors (Lipinski definition) is 7. The van der Waals surface area contributed by atoms with Gasteiger partial charge in [-0.25, -0.2) is 0 Å². The Morgan fingerprint density at radius 3 is 2.37 bits per heavy atom. The van der Waals surface area contributed by atoms with Crippen molar-refractivity contribution in [3.05, 3.63) is 46.6 Å². The van der Waals surface area contributed by atoms with E-state index < -0.39 is 0 Å². The van der Waals surface area contributed by atoms with E-state index in [0.717, 1.165) is 4.90 Å². The van der Waals surface area contributed by atoms with Crippen molar-refractivity contribution in [1.82, 2.24) is 0 Å². The van der Waals surface area contributed by atoms with Gasteiger partial charge in [0.2, 0.25) is 5.75 Å². The number of methoxy groups -OCH3 is 1. The van der Waals surface area contributed by atoms with E-state index in [4.69, 9.17) is 18.6 Å². The molecule has 7 heteroatoms. The number of phenols is 1. The molecule has 1 heterocycles. The number of rotatable bonds is 7. The standard InChI is InChI=1S/C20H20O6S/c1-4-24-16-11-15-18(20(25-5-2)19(16)23-3)14(22)10-17(26-15)27-13-8-6-12(21)7-9-13/h6-11,21H,4-5H2,1-3H3. The zero-order chi connectivity index (χ0) is 19.4. The lowest BCUT2D eigenvalue weighted by Gasteiger charge is -2.16. The van der Waals surface area contributed by atoms with Crippen LogP contribution >= 0.6 is 11.8 Å². The van der Waals surface area contributed by atoms with Crippen LogP contribution in [0.1, 0.15) is 13.8 Å². The van der Waals surface area contributed by atoms with Crippen LogP contribution in [0.4, 0.5) is 0 Å². The number of aromatic hydroxyl groups is 1. The molecule has 1 N–H and O–H groups in total. The molecule has 0 atom stereocenters. The number of benzene rings is 2. The van der Waals surface area contributed by atoms with Crippen molar-refractivity contribution in [2.45, 2.75) is 23.8 Å². The average molecular weight is 388 g/mol. The highest BCUT2D eigenvalue weighted by Crippen LogP contribution is 2.43. The van der Waals surface area contributed by atoms with Crippen molar-refractivity contribution in [3.8, 4) is 23.0 Å². The summed E-state index contributed by atoms with van der Waals surface area (Å²) in [6.45, 7) is 4.48. The Hall–Kier alpha value is -2.80. The predicted octanol–water partition coefficient (Wildman–Crippen LogP) is 4.46. The van der Waals surface area contributed by atoms with E-state index in [1.165, 1.54) is 24.9 Å². The van der Waals surface area contributed by atoms with Crippen LogP contribution in [0, 0.1) is 0 Å². The smallest absolute Gasteiger partial charge is 0.204 e. The summed E-state index contributed by atoms with van der Waals surface area (Å²) in [4.78, 5) is 13.6. The van der Waals surface area contributed by atoms with Crippen LogP contribution in [0.15, 0.2) is 55.6 Å². The van der Waals surface area contributed by atoms with Gasteiger partial charge in [0.25, 0.3) is 0 Å². The first-order valence-corrected chi connectivity index (χ1v) is 9.30. The molecule has 0 aliphatic carbocycles. The van der Waals surface area contributed by atoms with Crippen LogP contribution in [0.3, 0.4) is 0 Å². The Balaban J connectivity index is 2.15. The lowest BCUT2D eigenvalue weighted by Crippen LogP contribution is -2.07. The first kappa shape index (κ1) is 19.0. The molecule has 2 aromatic carbocycles. The number of ether oxygens (including phenoxy) is 3. The number of fused-ring (bicyclic) bond motifs is 1. The lowest BCUT2D eigenvalue weighted by molar-refractivity contribution is 0.284. The maximum Gasteiger partial charge on any atom is 0.204 e. The quantitative estimate of drug-likeness (QED) is 0.640. The van der Waals surface area contributed by atoms with Crippen LogP contribution < -0.4 is 19.6 Å². The minimum atomic E-state index is -0.234. The molecule has 3 rings (SSSR count). The fourth-order valence-electron chi connectivity index (χ4n) is 2.64. The molecule has 0 unspecified atom stereocenters. The van der Waals surface area contributed by atoms with E-state index in [1.807, 2.05) is 13.8 Å². The lowest BCUT2D eigenvalue weighted by atomic mass is 10.2. The van der Waals surface area contributed by atoms with Crippen molar-refractivity contribution in [2.24, 2.45) is 0 Å². The minimum absolute atomic E-state index is 0.175. The van der Waals surface area contributed by atoms with Gasteiger partial charge in [-0.15, -0.1) is 0 Å². The maximum absolute atomic E-state index is 12.8. The Bertz CT molecular complexity index is 994. The SMILES string of the molecule is CCOc1cc2oc(Sc3ccc(O)cc3)cc(=O)c2c(OCC)c1OC. The van der Waals surface area contributed by atoms with Gasteiger partial charge in [-0.1, -0.05) is 11.8 Å². The third kappa shape index (κ3) is 3.98. The molecule has 0 fully saturated rings. The molecule has 27 heavy (non-hydrogen) atoms. The Morgan fingerprint density at radius 1 is 1.04 bits per heavy atom. The second-order valence-electron chi connectivity index (χ2n) is 5.50. The van der Waals surface area contributed by atoms with Crippen molar-refractivity contribution in [2.75, 3.05) is 20.3 Å². The summed E-state index contributed by atoms with van der Waals surface area (Å²) in [7, 11) is 1.50. The zero-order valence-corrected chi connectivity index (χ0v) is 16.1. The van der Waals surface area contributed by atoms with Crippen LogP contribution in [0.5, 0.6) is 23.0 Å². The molecular weight excluding hydrogens is 368 g/mol. The fourth-order valence-corrected chi connectivity index (χ4v) is 3.45. The van der Waals surface area contributed by atoms with Crippen molar-refractivity contribution < 1.29 is 23.7 Å². The highest BCUT2D eigenvalue weighted by molar-refractivity contribution is 7.99. The molecule has 0 radical (unpaired) electrons. The molecule has 142 valence electrons.